The number of nitrogens with zero attached hydrogens (tertiary/aromatic N) is 3. The van der Waals surface area contributed by atoms with Crippen LogP contribution in [0.3, 0.4) is 0 Å². The zero-order valence-corrected chi connectivity index (χ0v) is 11.3. The van der Waals surface area contributed by atoms with Gasteiger partial charge in [-0.05, 0) is 45.1 Å². The van der Waals surface area contributed by atoms with Gasteiger partial charge in [-0.3, -0.25) is 4.40 Å². The van der Waals surface area contributed by atoms with Crippen LogP contribution < -0.4 is 0 Å². The van der Waals surface area contributed by atoms with Gasteiger partial charge in [-0.2, -0.15) is 0 Å². The lowest BCUT2D eigenvalue weighted by atomic mass is 9.96. The molecule has 6 heteroatoms. The number of piperidine rings is 1. The summed E-state index contributed by atoms with van der Waals surface area (Å²) in [7, 11) is 2.08. The molecule has 2 aromatic heterocycles. The van der Waals surface area contributed by atoms with Gasteiger partial charge in [0.25, 0.3) is 0 Å². The van der Waals surface area contributed by atoms with E-state index in [9.17, 15) is 15.0 Å². The summed E-state index contributed by atoms with van der Waals surface area (Å²) in [5.41, 5.74) is 0.214. The maximum absolute atomic E-state index is 11.3. The number of carboxylic acid groups (broad SMARTS) is 1. The van der Waals surface area contributed by atoms with Crippen molar-refractivity contribution in [1.29, 1.82) is 0 Å². The Morgan fingerprint density at radius 3 is 2.75 bits per heavy atom. The Bertz CT molecular complexity index is 657. The van der Waals surface area contributed by atoms with E-state index in [2.05, 4.69) is 16.9 Å². The van der Waals surface area contributed by atoms with Gasteiger partial charge in [0.2, 0.25) is 0 Å². The molecule has 1 fully saturated rings. The van der Waals surface area contributed by atoms with E-state index >= 15 is 0 Å². The van der Waals surface area contributed by atoms with Gasteiger partial charge in [0.15, 0.2) is 5.69 Å². The van der Waals surface area contributed by atoms with E-state index < -0.39 is 5.97 Å². The fourth-order valence-electron chi connectivity index (χ4n) is 2.85. The second-order valence-electron chi connectivity index (χ2n) is 5.31. The minimum absolute atomic E-state index is 0.0448. The van der Waals surface area contributed by atoms with Crippen LogP contribution in [0, 0.1) is 0 Å². The standard InChI is InChI=1S/C14H17N3O3/c1-16-7-4-9(5-8-16)13-15-11(14(19)20)12-10(18)3-2-6-17(12)13/h2-3,6,9,18H,4-5,7-8H2,1H3,(H,19,20). The third-order valence-electron chi connectivity index (χ3n) is 3.96. The first-order valence-corrected chi connectivity index (χ1v) is 6.69. The average molecular weight is 275 g/mol. The molecular weight excluding hydrogens is 258 g/mol. The number of aromatic hydroxyl groups is 1. The van der Waals surface area contributed by atoms with Crippen LogP contribution in [0.2, 0.25) is 0 Å². The summed E-state index contributed by atoms with van der Waals surface area (Å²) in [6, 6.07) is 3.19. The van der Waals surface area contributed by atoms with E-state index in [0.29, 0.717) is 0 Å². The van der Waals surface area contributed by atoms with Gasteiger partial charge < -0.3 is 15.1 Å². The molecule has 3 rings (SSSR count). The minimum Gasteiger partial charge on any atom is -0.506 e. The number of aromatic carboxylic acids is 1. The summed E-state index contributed by atoms with van der Waals surface area (Å²) in [5.74, 6) is -0.185. The fourth-order valence-corrected chi connectivity index (χ4v) is 2.85. The fraction of sp³-hybridized carbons (Fsp3) is 0.429. The SMILES string of the molecule is CN1CCC(c2nc(C(=O)O)c3c(O)cccn23)CC1. The molecular formula is C14H17N3O3. The number of fused-ring (bicyclic) bond motifs is 1. The number of likely N-dealkylation sites (tertiary alicyclic amines) is 1. The molecule has 1 saturated heterocycles. The number of hydrogen-bond acceptors (Lipinski definition) is 4. The topological polar surface area (TPSA) is 78.1 Å². The van der Waals surface area contributed by atoms with Crippen LogP contribution in [0.4, 0.5) is 0 Å². The lowest BCUT2D eigenvalue weighted by Crippen LogP contribution is -2.29. The van der Waals surface area contributed by atoms with Crippen LogP contribution in [-0.4, -0.2) is 50.6 Å². The lowest BCUT2D eigenvalue weighted by Gasteiger charge is -2.28. The summed E-state index contributed by atoms with van der Waals surface area (Å²) in [6.45, 7) is 1.95. The van der Waals surface area contributed by atoms with Crippen LogP contribution in [0.1, 0.15) is 35.1 Å². The second kappa shape index (κ2) is 4.79. The third-order valence-corrected chi connectivity index (χ3v) is 3.96. The molecule has 0 aromatic carbocycles. The monoisotopic (exact) mass is 275 g/mol. The Kier molecular flexibility index (Phi) is 3.10. The second-order valence-corrected chi connectivity index (χ2v) is 5.31. The molecule has 6 nitrogen and oxygen atoms in total. The predicted molar refractivity (Wildman–Crippen MR) is 73.3 cm³/mol. The lowest BCUT2D eigenvalue weighted by molar-refractivity contribution is 0.0692. The minimum atomic E-state index is -1.11. The molecule has 1 aliphatic rings. The van der Waals surface area contributed by atoms with E-state index in [0.717, 1.165) is 31.8 Å². The number of imidazole rings is 1. The maximum atomic E-state index is 11.3. The number of hydrogen-bond donors (Lipinski definition) is 2. The van der Waals surface area contributed by atoms with Crippen molar-refractivity contribution < 1.29 is 15.0 Å². The molecule has 106 valence electrons. The molecule has 2 N–H and O–H groups in total. The van der Waals surface area contributed by atoms with Gasteiger partial charge in [-0.15, -0.1) is 0 Å². The average Bonchev–Trinajstić information content (AvgIpc) is 2.81. The first kappa shape index (κ1) is 12.9. The number of pyridine rings is 1. The van der Waals surface area contributed by atoms with Crippen molar-refractivity contribution in [1.82, 2.24) is 14.3 Å². The summed E-state index contributed by atoms with van der Waals surface area (Å²) in [6.07, 6.45) is 3.66. The van der Waals surface area contributed by atoms with E-state index in [-0.39, 0.29) is 22.9 Å². The van der Waals surface area contributed by atoms with Gasteiger partial charge in [0.05, 0.1) is 0 Å². The van der Waals surface area contributed by atoms with E-state index in [1.807, 2.05) is 0 Å². The molecule has 0 amide bonds. The summed E-state index contributed by atoms with van der Waals surface area (Å²) < 4.78 is 1.72. The van der Waals surface area contributed by atoms with Crippen molar-refractivity contribution in [3.05, 3.63) is 29.8 Å². The van der Waals surface area contributed by atoms with E-state index in [1.165, 1.54) is 6.07 Å². The smallest absolute Gasteiger partial charge is 0.356 e. The largest absolute Gasteiger partial charge is 0.506 e. The Hall–Kier alpha value is -2.08. The van der Waals surface area contributed by atoms with Crippen LogP contribution >= 0.6 is 0 Å². The summed E-state index contributed by atoms with van der Waals surface area (Å²) in [5, 5.41) is 19.2. The van der Waals surface area contributed by atoms with Gasteiger partial charge >= 0.3 is 5.97 Å². The Balaban J connectivity index is 2.12. The van der Waals surface area contributed by atoms with Crippen molar-refractivity contribution in [2.75, 3.05) is 20.1 Å². The molecule has 3 heterocycles. The Labute approximate surface area is 116 Å². The van der Waals surface area contributed by atoms with Crippen molar-refractivity contribution in [2.24, 2.45) is 0 Å². The molecule has 0 saturated carbocycles. The quantitative estimate of drug-likeness (QED) is 0.869. The predicted octanol–water partition coefficient (Wildman–Crippen LogP) is 1.55. The highest BCUT2D eigenvalue weighted by molar-refractivity contribution is 5.95. The van der Waals surface area contributed by atoms with Gasteiger partial charge in [0, 0.05) is 12.1 Å². The highest BCUT2D eigenvalue weighted by Gasteiger charge is 2.26. The van der Waals surface area contributed by atoms with Crippen molar-refractivity contribution in [2.45, 2.75) is 18.8 Å². The van der Waals surface area contributed by atoms with E-state index in [4.69, 9.17) is 0 Å². The van der Waals surface area contributed by atoms with Gasteiger partial charge in [-0.1, -0.05) is 0 Å². The molecule has 0 aliphatic carbocycles. The Morgan fingerprint density at radius 1 is 1.40 bits per heavy atom. The third kappa shape index (κ3) is 2.02. The van der Waals surface area contributed by atoms with Crippen LogP contribution in [-0.2, 0) is 0 Å². The van der Waals surface area contributed by atoms with Gasteiger partial charge in [0.1, 0.15) is 17.1 Å². The first-order valence-electron chi connectivity index (χ1n) is 6.69. The van der Waals surface area contributed by atoms with Crippen molar-refractivity contribution >= 4 is 11.5 Å². The first-order chi connectivity index (χ1) is 9.58. The molecule has 0 spiro atoms. The number of carbonyl (C=O) groups is 1. The normalized spacial score (nSPS) is 17.6. The zero-order valence-electron chi connectivity index (χ0n) is 11.3. The van der Waals surface area contributed by atoms with Gasteiger partial charge in [-0.25, -0.2) is 9.78 Å². The van der Waals surface area contributed by atoms with Crippen molar-refractivity contribution in [3.8, 4) is 5.75 Å². The van der Waals surface area contributed by atoms with Crippen LogP contribution in [0.15, 0.2) is 18.3 Å². The molecule has 20 heavy (non-hydrogen) atoms. The number of carboxylic acids is 1. The van der Waals surface area contributed by atoms with Crippen LogP contribution in [0.5, 0.6) is 5.75 Å². The maximum Gasteiger partial charge on any atom is 0.356 e. The number of aromatic nitrogens is 2. The van der Waals surface area contributed by atoms with E-state index in [1.54, 1.807) is 16.7 Å². The molecule has 0 radical (unpaired) electrons. The molecule has 0 atom stereocenters. The highest BCUT2D eigenvalue weighted by Crippen LogP contribution is 2.31. The van der Waals surface area contributed by atoms with Crippen LogP contribution in [0.25, 0.3) is 5.52 Å². The summed E-state index contributed by atoms with van der Waals surface area (Å²) in [4.78, 5) is 17.9. The highest BCUT2D eigenvalue weighted by atomic mass is 16.4. The van der Waals surface area contributed by atoms with Crippen molar-refractivity contribution in [3.63, 3.8) is 0 Å². The number of rotatable bonds is 2. The molecule has 2 aromatic rings. The zero-order chi connectivity index (χ0) is 14.3. The Morgan fingerprint density at radius 2 is 2.10 bits per heavy atom. The molecule has 1 aliphatic heterocycles. The summed E-state index contributed by atoms with van der Waals surface area (Å²) >= 11 is 0. The molecule has 0 bridgehead atoms. The molecule has 0 unspecified atom stereocenters.